The van der Waals surface area contributed by atoms with Crippen molar-refractivity contribution in [3.8, 4) is 11.8 Å². The van der Waals surface area contributed by atoms with Gasteiger partial charge in [0.15, 0.2) is 5.60 Å². The third kappa shape index (κ3) is 4.74. The zero-order valence-electron chi connectivity index (χ0n) is 18.2. The van der Waals surface area contributed by atoms with E-state index in [0.29, 0.717) is 6.04 Å². The predicted octanol–water partition coefficient (Wildman–Crippen LogP) is 4.34. The number of quaternary nitrogens is 1. The van der Waals surface area contributed by atoms with Gasteiger partial charge in [-0.15, -0.1) is 0 Å². The van der Waals surface area contributed by atoms with Crippen LogP contribution in [0.2, 0.25) is 0 Å². The minimum atomic E-state index is -1.08. The molecule has 2 aromatic carbocycles. The Morgan fingerprint density at radius 3 is 2.14 bits per heavy atom. The standard InChI is InChI=1S/C27H35NO/c1-4-26(18-11-12-19-26)27(29,25-16-9-6-10-17-25)20-13-21-28(23(2)3)22-24-14-7-5-8-15-24/h5-10,14-17,23,29H,4,11-12,18-19,21-22H2,1-3H3/p+1/t27-/m1/s1. The Labute approximate surface area is 177 Å². The highest BCUT2D eigenvalue weighted by Crippen LogP contribution is 2.53. The Kier molecular flexibility index (Phi) is 7.17. The Balaban J connectivity index is 1.88. The van der Waals surface area contributed by atoms with Crippen molar-refractivity contribution < 1.29 is 10.0 Å². The molecule has 2 nitrogen and oxygen atoms in total. The number of hydrogen-bond donors (Lipinski definition) is 2. The van der Waals surface area contributed by atoms with E-state index in [1.165, 1.54) is 23.3 Å². The van der Waals surface area contributed by atoms with Crippen LogP contribution in [0.25, 0.3) is 0 Å². The lowest BCUT2D eigenvalue weighted by Gasteiger charge is -2.42. The molecule has 2 atom stereocenters. The average Bonchev–Trinajstić information content (AvgIpc) is 3.25. The van der Waals surface area contributed by atoms with Crippen LogP contribution < -0.4 is 4.90 Å². The van der Waals surface area contributed by atoms with Gasteiger partial charge in [0.05, 0.1) is 6.04 Å². The van der Waals surface area contributed by atoms with Gasteiger partial charge in [-0.25, -0.2) is 0 Å². The lowest BCUT2D eigenvalue weighted by Crippen LogP contribution is -3.13. The lowest BCUT2D eigenvalue weighted by molar-refractivity contribution is -0.928. The molecule has 0 saturated heterocycles. The molecule has 0 aliphatic heterocycles. The lowest BCUT2D eigenvalue weighted by atomic mass is 9.65. The molecule has 2 N–H and O–H groups in total. The fourth-order valence-corrected chi connectivity index (χ4v) is 4.83. The van der Waals surface area contributed by atoms with Crippen molar-refractivity contribution in [2.75, 3.05) is 6.54 Å². The summed E-state index contributed by atoms with van der Waals surface area (Å²) in [4.78, 5) is 1.43. The molecule has 3 rings (SSSR count). The Bertz CT molecular complexity index is 812. The van der Waals surface area contributed by atoms with Gasteiger partial charge in [0.2, 0.25) is 0 Å². The zero-order chi connectivity index (χ0) is 20.7. The molecule has 0 aromatic heterocycles. The summed E-state index contributed by atoms with van der Waals surface area (Å²) in [6.07, 6.45) is 5.42. The van der Waals surface area contributed by atoms with Gasteiger partial charge in [0, 0.05) is 11.0 Å². The number of rotatable bonds is 7. The molecule has 2 heteroatoms. The van der Waals surface area contributed by atoms with Crippen LogP contribution in [0, 0.1) is 17.3 Å². The Hall–Kier alpha value is -2.08. The van der Waals surface area contributed by atoms with Crippen molar-refractivity contribution in [1.82, 2.24) is 0 Å². The van der Waals surface area contributed by atoms with Gasteiger partial charge in [-0.2, -0.15) is 0 Å². The van der Waals surface area contributed by atoms with Crippen LogP contribution in [0.3, 0.4) is 0 Å². The van der Waals surface area contributed by atoms with Crippen molar-refractivity contribution in [3.63, 3.8) is 0 Å². The quantitative estimate of drug-likeness (QED) is 0.676. The number of nitrogens with one attached hydrogen (secondary N) is 1. The minimum Gasteiger partial charge on any atom is -0.373 e. The summed E-state index contributed by atoms with van der Waals surface area (Å²) in [5, 5.41) is 12.0. The van der Waals surface area contributed by atoms with Crippen LogP contribution in [-0.2, 0) is 12.1 Å². The molecule has 0 radical (unpaired) electrons. The van der Waals surface area contributed by atoms with E-state index in [1.807, 2.05) is 30.3 Å². The van der Waals surface area contributed by atoms with Crippen molar-refractivity contribution in [2.24, 2.45) is 5.41 Å². The van der Waals surface area contributed by atoms with Gasteiger partial charge in [0.25, 0.3) is 0 Å². The predicted molar refractivity (Wildman–Crippen MR) is 120 cm³/mol. The van der Waals surface area contributed by atoms with Crippen LogP contribution in [0.5, 0.6) is 0 Å². The zero-order valence-corrected chi connectivity index (χ0v) is 18.2. The molecule has 154 valence electrons. The minimum absolute atomic E-state index is 0.140. The number of hydrogen-bond acceptors (Lipinski definition) is 1. The van der Waals surface area contributed by atoms with E-state index in [1.54, 1.807) is 0 Å². The molecular formula is C27H36NO+. The summed E-state index contributed by atoms with van der Waals surface area (Å²) < 4.78 is 0. The molecule has 2 aromatic rings. The molecule has 0 amide bonds. The summed E-state index contributed by atoms with van der Waals surface area (Å²) in [5.74, 6) is 6.83. The van der Waals surface area contributed by atoms with Crippen molar-refractivity contribution in [3.05, 3.63) is 71.8 Å². The first-order chi connectivity index (χ1) is 14.0. The summed E-state index contributed by atoms with van der Waals surface area (Å²) in [5.41, 5.74) is 1.06. The first-order valence-corrected chi connectivity index (χ1v) is 11.2. The average molecular weight is 391 g/mol. The van der Waals surface area contributed by atoms with E-state index < -0.39 is 5.60 Å². The highest BCUT2D eigenvalue weighted by molar-refractivity contribution is 5.36. The van der Waals surface area contributed by atoms with Gasteiger partial charge >= 0.3 is 0 Å². The molecule has 0 heterocycles. The maximum Gasteiger partial charge on any atom is 0.156 e. The third-order valence-corrected chi connectivity index (χ3v) is 6.87. The van der Waals surface area contributed by atoms with Crippen molar-refractivity contribution in [1.29, 1.82) is 0 Å². The maximum absolute atomic E-state index is 12.0. The largest absolute Gasteiger partial charge is 0.373 e. The first-order valence-electron chi connectivity index (χ1n) is 11.2. The van der Waals surface area contributed by atoms with Crippen molar-refractivity contribution in [2.45, 2.75) is 71.1 Å². The number of aliphatic hydroxyl groups is 1. The summed E-state index contributed by atoms with van der Waals surface area (Å²) in [7, 11) is 0. The van der Waals surface area contributed by atoms with E-state index in [2.05, 4.69) is 62.9 Å². The summed E-state index contributed by atoms with van der Waals surface area (Å²) >= 11 is 0. The van der Waals surface area contributed by atoms with Gasteiger partial charge < -0.3 is 10.0 Å². The molecule has 29 heavy (non-hydrogen) atoms. The molecule has 1 saturated carbocycles. The highest BCUT2D eigenvalue weighted by atomic mass is 16.3. The van der Waals surface area contributed by atoms with Crippen LogP contribution in [0.15, 0.2) is 60.7 Å². The van der Waals surface area contributed by atoms with Crippen LogP contribution in [0.4, 0.5) is 0 Å². The Morgan fingerprint density at radius 1 is 1.00 bits per heavy atom. The topological polar surface area (TPSA) is 24.7 Å². The normalized spacial score (nSPS) is 18.7. The highest BCUT2D eigenvalue weighted by Gasteiger charge is 2.50. The summed E-state index contributed by atoms with van der Waals surface area (Å²) in [6.45, 7) is 8.39. The van der Waals surface area contributed by atoms with E-state index >= 15 is 0 Å². The van der Waals surface area contributed by atoms with E-state index in [0.717, 1.165) is 37.9 Å². The van der Waals surface area contributed by atoms with E-state index in [4.69, 9.17) is 0 Å². The molecule has 1 aliphatic rings. The van der Waals surface area contributed by atoms with Gasteiger partial charge in [-0.1, -0.05) is 86.3 Å². The van der Waals surface area contributed by atoms with Crippen LogP contribution >= 0.6 is 0 Å². The molecule has 1 fully saturated rings. The van der Waals surface area contributed by atoms with Gasteiger partial charge in [0.1, 0.15) is 13.1 Å². The second kappa shape index (κ2) is 9.61. The Morgan fingerprint density at radius 2 is 1.59 bits per heavy atom. The van der Waals surface area contributed by atoms with Gasteiger partial charge in [-0.05, 0) is 44.6 Å². The second-order valence-electron chi connectivity index (χ2n) is 8.87. The summed E-state index contributed by atoms with van der Waals surface area (Å²) in [6, 6.07) is 21.2. The molecule has 0 bridgehead atoms. The van der Waals surface area contributed by atoms with E-state index in [-0.39, 0.29) is 5.41 Å². The first kappa shape index (κ1) is 21.6. The maximum atomic E-state index is 12.0. The SMILES string of the molecule is CCC1([C@@](O)(C#CC[NH+](Cc2ccccc2)C(C)C)c2ccccc2)CCCC1. The van der Waals surface area contributed by atoms with Crippen molar-refractivity contribution >= 4 is 0 Å². The van der Waals surface area contributed by atoms with Crippen LogP contribution in [0.1, 0.15) is 64.0 Å². The third-order valence-electron chi connectivity index (χ3n) is 6.87. The fourth-order valence-electron chi connectivity index (χ4n) is 4.83. The van der Waals surface area contributed by atoms with E-state index in [9.17, 15) is 5.11 Å². The monoisotopic (exact) mass is 390 g/mol. The molecule has 0 spiro atoms. The molecular weight excluding hydrogens is 354 g/mol. The molecule has 1 unspecified atom stereocenters. The molecule has 1 aliphatic carbocycles. The van der Waals surface area contributed by atoms with Crippen LogP contribution in [-0.4, -0.2) is 17.7 Å². The second-order valence-corrected chi connectivity index (χ2v) is 8.87. The van der Waals surface area contributed by atoms with Gasteiger partial charge in [-0.3, -0.25) is 0 Å². The smallest absolute Gasteiger partial charge is 0.156 e. The fraction of sp³-hybridized carbons (Fsp3) is 0.481. The number of benzene rings is 2.